The first kappa shape index (κ1) is 18.2. The molecule has 0 amide bonds. The highest BCUT2D eigenvalue weighted by molar-refractivity contribution is 7.49. The highest BCUT2D eigenvalue weighted by Crippen LogP contribution is 2.50. The molecule has 0 spiro atoms. The molecule has 0 aliphatic rings. The Kier molecular flexibility index (Phi) is 6.11. The molecule has 0 fully saturated rings. The lowest BCUT2D eigenvalue weighted by molar-refractivity contribution is 0.201. The van der Waals surface area contributed by atoms with Crippen molar-refractivity contribution < 1.29 is 18.1 Å². The van der Waals surface area contributed by atoms with Gasteiger partial charge in [0.15, 0.2) is 0 Å². The second-order valence-electron chi connectivity index (χ2n) is 5.65. The number of phosphoric ester groups is 1. The van der Waals surface area contributed by atoms with E-state index in [0.717, 1.165) is 17.5 Å². The van der Waals surface area contributed by atoms with Gasteiger partial charge in [0.2, 0.25) is 0 Å². The van der Waals surface area contributed by atoms with Crippen LogP contribution < -0.4 is 9.05 Å². The second kappa shape index (κ2) is 8.70. The zero-order valence-electron chi connectivity index (χ0n) is 14.6. The molecule has 3 aromatic carbocycles. The normalized spacial score (nSPS) is 11.1. The molecule has 134 valence electrons. The first-order valence-corrected chi connectivity index (χ1v) is 9.95. The van der Waals surface area contributed by atoms with E-state index in [4.69, 9.17) is 13.6 Å². The summed E-state index contributed by atoms with van der Waals surface area (Å²) in [5.41, 5.74) is 2.10. The topological polar surface area (TPSA) is 44.8 Å². The Balaban J connectivity index is 1.81. The van der Waals surface area contributed by atoms with Gasteiger partial charge in [-0.1, -0.05) is 67.6 Å². The van der Waals surface area contributed by atoms with Gasteiger partial charge in [0, 0.05) is 0 Å². The van der Waals surface area contributed by atoms with E-state index in [1.807, 2.05) is 36.4 Å². The van der Waals surface area contributed by atoms with Crippen molar-refractivity contribution in [3.63, 3.8) is 0 Å². The maximum absolute atomic E-state index is 13.3. The van der Waals surface area contributed by atoms with Crippen LogP contribution in [0.3, 0.4) is 0 Å². The predicted molar refractivity (Wildman–Crippen MR) is 102 cm³/mol. The maximum atomic E-state index is 13.3. The minimum absolute atomic E-state index is 0.140. The van der Waals surface area contributed by atoms with Crippen LogP contribution >= 0.6 is 7.82 Å². The van der Waals surface area contributed by atoms with Crippen molar-refractivity contribution in [2.75, 3.05) is 0 Å². The third-order valence-electron chi connectivity index (χ3n) is 3.80. The van der Waals surface area contributed by atoms with Crippen LogP contribution in [0.5, 0.6) is 11.5 Å². The summed E-state index contributed by atoms with van der Waals surface area (Å²) in [4.78, 5) is 0. The molecule has 0 bridgehead atoms. The SMILES string of the molecule is CCc1ccccc1COP(=O)(Oc1ccccc1)Oc1ccccc1. The molecule has 26 heavy (non-hydrogen) atoms. The van der Waals surface area contributed by atoms with E-state index >= 15 is 0 Å². The third kappa shape index (κ3) is 4.98. The highest BCUT2D eigenvalue weighted by Gasteiger charge is 2.31. The zero-order valence-corrected chi connectivity index (χ0v) is 15.5. The quantitative estimate of drug-likeness (QED) is 0.455. The Bertz CT molecular complexity index is 820. The van der Waals surface area contributed by atoms with Gasteiger partial charge in [-0.15, -0.1) is 0 Å². The van der Waals surface area contributed by atoms with Crippen molar-refractivity contribution in [3.05, 3.63) is 96.1 Å². The zero-order chi connectivity index (χ0) is 18.2. The van der Waals surface area contributed by atoms with Crippen molar-refractivity contribution >= 4 is 7.82 Å². The number of benzene rings is 3. The molecule has 0 N–H and O–H groups in total. The van der Waals surface area contributed by atoms with Crippen LogP contribution in [0.2, 0.25) is 0 Å². The number of phosphoric acid groups is 1. The summed E-state index contributed by atoms with van der Waals surface area (Å²) in [7, 11) is -3.86. The van der Waals surface area contributed by atoms with Crippen molar-refractivity contribution in [3.8, 4) is 11.5 Å². The molecule has 0 saturated heterocycles. The van der Waals surface area contributed by atoms with E-state index in [0.29, 0.717) is 11.5 Å². The smallest absolute Gasteiger partial charge is 0.395 e. The molecule has 0 unspecified atom stereocenters. The summed E-state index contributed by atoms with van der Waals surface area (Å²) in [6, 6.07) is 25.6. The number of para-hydroxylation sites is 2. The Morgan fingerprint density at radius 3 is 1.65 bits per heavy atom. The van der Waals surface area contributed by atoms with Gasteiger partial charge in [-0.25, -0.2) is 4.57 Å². The van der Waals surface area contributed by atoms with E-state index in [1.54, 1.807) is 48.5 Å². The summed E-state index contributed by atoms with van der Waals surface area (Å²) in [5.74, 6) is 0.853. The Morgan fingerprint density at radius 2 is 1.15 bits per heavy atom. The molecule has 4 nitrogen and oxygen atoms in total. The van der Waals surface area contributed by atoms with Gasteiger partial charge >= 0.3 is 7.82 Å². The van der Waals surface area contributed by atoms with Crippen LogP contribution in [-0.4, -0.2) is 0 Å². The lowest BCUT2D eigenvalue weighted by atomic mass is 10.1. The van der Waals surface area contributed by atoms with E-state index in [1.165, 1.54) is 0 Å². The van der Waals surface area contributed by atoms with Crippen molar-refractivity contribution in [2.45, 2.75) is 20.0 Å². The molecule has 0 atom stereocenters. The Morgan fingerprint density at radius 1 is 0.692 bits per heavy atom. The average molecular weight is 368 g/mol. The third-order valence-corrected chi connectivity index (χ3v) is 5.11. The number of aryl methyl sites for hydroxylation is 1. The van der Waals surface area contributed by atoms with Gasteiger partial charge < -0.3 is 9.05 Å². The minimum Gasteiger partial charge on any atom is -0.395 e. The number of hydrogen-bond donors (Lipinski definition) is 0. The van der Waals surface area contributed by atoms with Gasteiger partial charge in [0.25, 0.3) is 0 Å². The van der Waals surface area contributed by atoms with Crippen LogP contribution in [0.15, 0.2) is 84.9 Å². The lowest BCUT2D eigenvalue weighted by Gasteiger charge is -2.19. The predicted octanol–water partition coefficient (Wildman–Crippen LogP) is 6.03. The average Bonchev–Trinajstić information content (AvgIpc) is 2.68. The van der Waals surface area contributed by atoms with Crippen molar-refractivity contribution in [2.24, 2.45) is 0 Å². The molecule has 0 aromatic heterocycles. The summed E-state index contributed by atoms with van der Waals surface area (Å²) in [6.07, 6.45) is 0.864. The molecule has 0 aliphatic heterocycles. The molecule has 0 radical (unpaired) electrons. The summed E-state index contributed by atoms with van der Waals surface area (Å²) in [6.45, 7) is 2.21. The summed E-state index contributed by atoms with van der Waals surface area (Å²) < 4.78 is 30.2. The van der Waals surface area contributed by atoms with Crippen molar-refractivity contribution in [1.29, 1.82) is 0 Å². The molecular weight excluding hydrogens is 347 g/mol. The molecular formula is C21H21O4P. The fourth-order valence-corrected chi connectivity index (χ4v) is 3.68. The fraction of sp³-hybridized carbons (Fsp3) is 0.143. The van der Waals surface area contributed by atoms with Gasteiger partial charge in [-0.2, -0.15) is 0 Å². The van der Waals surface area contributed by atoms with Gasteiger partial charge in [0.1, 0.15) is 11.5 Å². The van der Waals surface area contributed by atoms with Crippen molar-refractivity contribution in [1.82, 2.24) is 0 Å². The highest BCUT2D eigenvalue weighted by atomic mass is 31.2. The van der Waals surface area contributed by atoms with Gasteiger partial charge in [0.05, 0.1) is 6.61 Å². The van der Waals surface area contributed by atoms with E-state index < -0.39 is 7.82 Å². The van der Waals surface area contributed by atoms with Gasteiger partial charge in [-0.05, 0) is 41.8 Å². The Labute approximate surface area is 154 Å². The monoisotopic (exact) mass is 368 g/mol. The fourth-order valence-electron chi connectivity index (χ4n) is 2.48. The summed E-state index contributed by atoms with van der Waals surface area (Å²) >= 11 is 0. The molecule has 0 aliphatic carbocycles. The van der Waals surface area contributed by atoms with E-state index in [2.05, 4.69) is 6.92 Å². The van der Waals surface area contributed by atoms with Crippen LogP contribution in [0, 0.1) is 0 Å². The van der Waals surface area contributed by atoms with Crippen LogP contribution in [0.1, 0.15) is 18.1 Å². The Hall–Kier alpha value is -2.55. The molecule has 0 heterocycles. The largest absolute Gasteiger partial charge is 0.587 e. The number of hydrogen-bond acceptors (Lipinski definition) is 4. The standard InChI is InChI=1S/C21H21O4P/c1-2-18-11-9-10-12-19(18)17-23-26(22,24-20-13-5-3-6-14-20)25-21-15-7-4-8-16-21/h3-16H,2,17H2,1H3. The van der Waals surface area contributed by atoms with Gasteiger partial charge in [-0.3, -0.25) is 4.52 Å². The lowest BCUT2D eigenvalue weighted by Crippen LogP contribution is -2.06. The van der Waals surface area contributed by atoms with Crippen LogP contribution in [0.25, 0.3) is 0 Å². The molecule has 3 aromatic rings. The second-order valence-corrected chi connectivity index (χ2v) is 7.17. The molecule has 0 saturated carbocycles. The first-order valence-electron chi connectivity index (χ1n) is 8.49. The molecule has 5 heteroatoms. The van der Waals surface area contributed by atoms with E-state index in [-0.39, 0.29) is 6.61 Å². The van der Waals surface area contributed by atoms with Crippen LogP contribution in [0.4, 0.5) is 0 Å². The van der Waals surface area contributed by atoms with Crippen LogP contribution in [-0.2, 0) is 22.1 Å². The van der Waals surface area contributed by atoms with E-state index in [9.17, 15) is 4.57 Å². The molecule has 3 rings (SSSR count). The first-order chi connectivity index (χ1) is 12.7. The maximum Gasteiger partial charge on any atom is 0.587 e. The minimum atomic E-state index is -3.86. The summed E-state index contributed by atoms with van der Waals surface area (Å²) in [5, 5.41) is 0. The number of rotatable bonds is 8.